The molecular formula is C15H26BrNS. The quantitative estimate of drug-likeness (QED) is 0.746. The molecule has 0 saturated heterocycles. The van der Waals surface area contributed by atoms with Crippen molar-refractivity contribution in [3.63, 3.8) is 0 Å². The summed E-state index contributed by atoms with van der Waals surface area (Å²) >= 11 is 5.50. The second-order valence-corrected chi connectivity index (χ2v) is 8.62. The number of halogens is 1. The smallest absolute Gasteiger partial charge is 0.0731 e. The average Bonchev–Trinajstić information content (AvgIpc) is 2.57. The molecule has 18 heavy (non-hydrogen) atoms. The molecule has 2 unspecified atom stereocenters. The molecule has 0 saturated carbocycles. The van der Waals surface area contributed by atoms with Crippen molar-refractivity contribution >= 4 is 27.3 Å². The number of aryl methyl sites for hydroxylation is 1. The van der Waals surface area contributed by atoms with Crippen LogP contribution < -0.4 is 5.32 Å². The molecule has 0 bridgehead atoms. The summed E-state index contributed by atoms with van der Waals surface area (Å²) in [5, 5.41) is 3.63. The molecule has 3 heteroatoms. The van der Waals surface area contributed by atoms with E-state index in [1.165, 1.54) is 20.6 Å². The van der Waals surface area contributed by atoms with Gasteiger partial charge in [-0.1, -0.05) is 34.6 Å². The zero-order valence-electron chi connectivity index (χ0n) is 12.4. The van der Waals surface area contributed by atoms with Crippen molar-refractivity contribution in [2.45, 2.75) is 54.0 Å². The Morgan fingerprint density at radius 1 is 1.39 bits per heavy atom. The molecule has 0 fully saturated rings. The molecule has 1 heterocycles. The number of rotatable bonds is 5. The highest BCUT2D eigenvalue weighted by Gasteiger charge is 2.25. The van der Waals surface area contributed by atoms with Crippen molar-refractivity contribution in [1.82, 2.24) is 5.32 Å². The van der Waals surface area contributed by atoms with E-state index in [1.807, 2.05) is 11.3 Å². The van der Waals surface area contributed by atoms with Crippen LogP contribution in [0.5, 0.6) is 0 Å². The molecule has 1 aromatic heterocycles. The highest BCUT2D eigenvalue weighted by Crippen LogP contribution is 2.37. The Balaban J connectivity index is 2.83. The number of nitrogens with one attached hydrogen (secondary N) is 1. The Labute approximate surface area is 125 Å². The van der Waals surface area contributed by atoms with Crippen LogP contribution in [0.3, 0.4) is 0 Å². The molecule has 1 N–H and O–H groups in total. The van der Waals surface area contributed by atoms with Gasteiger partial charge >= 0.3 is 0 Å². The van der Waals surface area contributed by atoms with Crippen LogP contribution in [0.2, 0.25) is 0 Å². The normalized spacial score (nSPS) is 15.7. The molecule has 0 aliphatic carbocycles. The lowest BCUT2D eigenvalue weighted by molar-refractivity contribution is 0.225. The van der Waals surface area contributed by atoms with E-state index in [0.717, 1.165) is 6.54 Å². The largest absolute Gasteiger partial charge is 0.310 e. The van der Waals surface area contributed by atoms with Gasteiger partial charge in [-0.25, -0.2) is 0 Å². The third-order valence-electron chi connectivity index (χ3n) is 3.74. The van der Waals surface area contributed by atoms with Crippen LogP contribution in [0.25, 0.3) is 0 Å². The molecule has 1 nitrogen and oxygen atoms in total. The fourth-order valence-electron chi connectivity index (χ4n) is 1.91. The van der Waals surface area contributed by atoms with Crippen LogP contribution in [0, 0.1) is 18.3 Å². The summed E-state index contributed by atoms with van der Waals surface area (Å²) in [6.07, 6.45) is 1.20. The van der Waals surface area contributed by atoms with Gasteiger partial charge in [-0.05, 0) is 58.8 Å². The second kappa shape index (κ2) is 6.53. The van der Waals surface area contributed by atoms with Crippen LogP contribution in [0.4, 0.5) is 0 Å². The zero-order chi connectivity index (χ0) is 13.9. The van der Waals surface area contributed by atoms with Gasteiger partial charge in [0.25, 0.3) is 0 Å². The molecule has 2 atom stereocenters. The number of hydrogen-bond donors (Lipinski definition) is 1. The third-order valence-corrected chi connectivity index (χ3v) is 5.99. The van der Waals surface area contributed by atoms with Crippen molar-refractivity contribution in [3.05, 3.63) is 20.3 Å². The highest BCUT2D eigenvalue weighted by atomic mass is 79.9. The molecule has 1 rings (SSSR count). The van der Waals surface area contributed by atoms with Crippen LogP contribution in [0.1, 0.15) is 57.5 Å². The number of hydrogen-bond acceptors (Lipinski definition) is 2. The van der Waals surface area contributed by atoms with Crippen molar-refractivity contribution in [2.24, 2.45) is 11.3 Å². The van der Waals surface area contributed by atoms with Crippen LogP contribution in [0.15, 0.2) is 9.85 Å². The monoisotopic (exact) mass is 331 g/mol. The SMILES string of the molecule is CCNC(CC(C)C(C)(C)C)c1cc(C)c(Br)s1. The summed E-state index contributed by atoms with van der Waals surface area (Å²) in [5.41, 5.74) is 1.72. The average molecular weight is 332 g/mol. The summed E-state index contributed by atoms with van der Waals surface area (Å²) in [7, 11) is 0. The first-order valence-corrected chi connectivity index (χ1v) is 8.35. The van der Waals surface area contributed by atoms with Crippen molar-refractivity contribution in [2.75, 3.05) is 6.54 Å². The predicted octanol–water partition coefficient (Wildman–Crippen LogP) is 5.54. The van der Waals surface area contributed by atoms with Gasteiger partial charge in [-0.3, -0.25) is 0 Å². The van der Waals surface area contributed by atoms with Crippen molar-refractivity contribution in [1.29, 1.82) is 0 Å². The van der Waals surface area contributed by atoms with E-state index in [0.29, 0.717) is 17.4 Å². The minimum Gasteiger partial charge on any atom is -0.310 e. The molecule has 0 aliphatic rings. The Morgan fingerprint density at radius 2 is 2.00 bits per heavy atom. The lowest BCUT2D eigenvalue weighted by Gasteiger charge is -2.30. The maximum absolute atomic E-state index is 3.63. The van der Waals surface area contributed by atoms with Gasteiger partial charge in [0.05, 0.1) is 3.79 Å². The summed E-state index contributed by atoms with van der Waals surface area (Å²) < 4.78 is 1.27. The van der Waals surface area contributed by atoms with Crippen molar-refractivity contribution < 1.29 is 0 Å². The van der Waals surface area contributed by atoms with Crippen LogP contribution >= 0.6 is 27.3 Å². The van der Waals surface area contributed by atoms with Gasteiger partial charge in [0.2, 0.25) is 0 Å². The first-order chi connectivity index (χ1) is 8.25. The summed E-state index contributed by atoms with van der Waals surface area (Å²) in [6, 6.07) is 2.80. The molecular weight excluding hydrogens is 306 g/mol. The van der Waals surface area contributed by atoms with E-state index in [-0.39, 0.29) is 0 Å². The van der Waals surface area contributed by atoms with E-state index in [4.69, 9.17) is 0 Å². The Kier molecular flexibility index (Phi) is 5.88. The van der Waals surface area contributed by atoms with Crippen molar-refractivity contribution in [3.8, 4) is 0 Å². The molecule has 0 spiro atoms. The summed E-state index contributed by atoms with van der Waals surface area (Å²) in [5.74, 6) is 0.697. The fourth-order valence-corrected chi connectivity index (χ4v) is 3.57. The maximum atomic E-state index is 3.63. The Bertz CT molecular complexity index is 359. The maximum Gasteiger partial charge on any atom is 0.0731 e. The van der Waals surface area contributed by atoms with Gasteiger partial charge in [-0.2, -0.15) is 0 Å². The number of thiophene rings is 1. The Morgan fingerprint density at radius 3 is 2.39 bits per heavy atom. The van der Waals surface area contributed by atoms with E-state index in [1.54, 1.807) is 0 Å². The standard InChI is InChI=1S/C15H26BrNS/c1-7-17-12(9-11(3)15(4,5)6)13-8-10(2)14(16)18-13/h8,11-12,17H,7,9H2,1-6H3. The first kappa shape index (κ1) is 16.2. The van der Waals surface area contributed by atoms with Gasteiger partial charge in [-0.15, -0.1) is 11.3 Å². The lowest BCUT2D eigenvalue weighted by atomic mass is 9.78. The first-order valence-electron chi connectivity index (χ1n) is 6.75. The fraction of sp³-hybridized carbons (Fsp3) is 0.733. The van der Waals surface area contributed by atoms with E-state index in [2.05, 4.69) is 68.9 Å². The van der Waals surface area contributed by atoms with Crippen LogP contribution in [-0.2, 0) is 0 Å². The third kappa shape index (κ3) is 4.36. The van der Waals surface area contributed by atoms with E-state index >= 15 is 0 Å². The molecule has 0 amide bonds. The predicted molar refractivity (Wildman–Crippen MR) is 86.4 cm³/mol. The summed E-state index contributed by atoms with van der Waals surface area (Å²) in [4.78, 5) is 1.46. The van der Waals surface area contributed by atoms with Gasteiger partial charge < -0.3 is 5.32 Å². The second-order valence-electron chi connectivity index (χ2n) is 6.22. The van der Waals surface area contributed by atoms with Gasteiger partial charge in [0.1, 0.15) is 0 Å². The van der Waals surface area contributed by atoms with Gasteiger partial charge in [0, 0.05) is 10.9 Å². The van der Waals surface area contributed by atoms with E-state index < -0.39 is 0 Å². The van der Waals surface area contributed by atoms with E-state index in [9.17, 15) is 0 Å². The molecule has 0 radical (unpaired) electrons. The Hall–Kier alpha value is 0.140. The minimum absolute atomic E-state index is 0.372. The van der Waals surface area contributed by atoms with Crippen LogP contribution in [-0.4, -0.2) is 6.54 Å². The molecule has 0 aromatic carbocycles. The summed E-state index contributed by atoms with van der Waals surface area (Å²) in [6.45, 7) is 14.7. The molecule has 0 aliphatic heterocycles. The zero-order valence-corrected chi connectivity index (χ0v) is 14.8. The van der Waals surface area contributed by atoms with Gasteiger partial charge in [0.15, 0.2) is 0 Å². The lowest BCUT2D eigenvalue weighted by Crippen LogP contribution is -2.27. The molecule has 104 valence electrons. The topological polar surface area (TPSA) is 12.0 Å². The highest BCUT2D eigenvalue weighted by molar-refractivity contribution is 9.11. The minimum atomic E-state index is 0.372. The molecule has 1 aromatic rings.